The molecular formula is C5H10Cl4N2. The number of hydrogen-bond donors (Lipinski definition) is 1. The minimum Gasteiger partial charge on any atom is -0.366 e. The van der Waals surface area contributed by atoms with Crippen molar-refractivity contribution in [2.24, 2.45) is 4.99 Å². The van der Waals surface area contributed by atoms with E-state index in [1.54, 1.807) is 18.6 Å². The normalized spacial score (nSPS) is 10.2. The first-order chi connectivity index (χ1) is 3.50. The van der Waals surface area contributed by atoms with Gasteiger partial charge in [-0.2, -0.15) is 0 Å². The van der Waals surface area contributed by atoms with Crippen LogP contribution in [-0.4, -0.2) is 6.21 Å². The van der Waals surface area contributed by atoms with Crippen molar-refractivity contribution in [1.82, 2.24) is 5.32 Å². The van der Waals surface area contributed by atoms with E-state index < -0.39 is 0 Å². The molecule has 0 unspecified atom stereocenters. The van der Waals surface area contributed by atoms with E-state index in [2.05, 4.69) is 10.3 Å². The van der Waals surface area contributed by atoms with E-state index in [1.165, 1.54) is 0 Å². The molecule has 0 amide bonds. The number of rotatable bonds is 0. The van der Waals surface area contributed by atoms with Crippen molar-refractivity contribution in [3.05, 3.63) is 24.7 Å². The van der Waals surface area contributed by atoms with Crippen molar-refractivity contribution < 1.29 is 0 Å². The third kappa shape index (κ3) is 13.2. The van der Waals surface area contributed by atoms with Gasteiger partial charge in [-0.25, -0.2) is 0 Å². The van der Waals surface area contributed by atoms with Crippen molar-refractivity contribution in [2.75, 3.05) is 0 Å². The fraction of sp³-hybridized carbons (Fsp3) is 0. The average molecular weight is 240 g/mol. The lowest BCUT2D eigenvalue weighted by Gasteiger charge is -1.78. The van der Waals surface area contributed by atoms with E-state index in [-0.39, 0.29) is 49.6 Å². The minimum absolute atomic E-state index is 0. The molecule has 0 aromatic heterocycles. The first-order valence-corrected chi connectivity index (χ1v) is 2.09. The van der Waals surface area contributed by atoms with Gasteiger partial charge in [0.1, 0.15) is 0 Å². The van der Waals surface area contributed by atoms with Gasteiger partial charge < -0.3 is 5.32 Å². The molecule has 1 rings (SSSR count). The molecule has 0 aliphatic carbocycles. The number of aliphatic imine (C=N–C) groups is 1. The van der Waals surface area contributed by atoms with Crippen molar-refractivity contribution in [3.8, 4) is 0 Å². The summed E-state index contributed by atoms with van der Waals surface area (Å²) in [6.45, 7) is 0. The zero-order valence-corrected chi connectivity index (χ0v) is 8.73. The average Bonchev–Trinajstić information content (AvgIpc) is 1.90. The van der Waals surface area contributed by atoms with Crippen LogP contribution >= 0.6 is 49.6 Å². The second-order valence-electron chi connectivity index (χ2n) is 1.14. The Morgan fingerprint density at radius 3 is 2.18 bits per heavy atom. The summed E-state index contributed by atoms with van der Waals surface area (Å²) in [6, 6.07) is 0. The maximum Gasteiger partial charge on any atom is 0.0427 e. The largest absolute Gasteiger partial charge is 0.366 e. The zero-order valence-electron chi connectivity index (χ0n) is 5.47. The molecule has 0 spiro atoms. The number of nitrogens with one attached hydrogen (secondary N) is 1. The molecule has 1 N–H and O–H groups in total. The van der Waals surface area contributed by atoms with Gasteiger partial charge >= 0.3 is 0 Å². The van der Waals surface area contributed by atoms with Crippen LogP contribution in [0.25, 0.3) is 0 Å². The lowest BCUT2D eigenvalue weighted by atomic mass is 10.7. The molecule has 1 heterocycles. The van der Waals surface area contributed by atoms with Crippen molar-refractivity contribution in [2.45, 2.75) is 0 Å². The van der Waals surface area contributed by atoms with Crippen LogP contribution in [-0.2, 0) is 0 Å². The molecule has 0 aromatic rings. The molecule has 0 saturated heterocycles. The van der Waals surface area contributed by atoms with Gasteiger partial charge in [-0.15, -0.1) is 49.6 Å². The second-order valence-corrected chi connectivity index (χ2v) is 1.14. The van der Waals surface area contributed by atoms with Gasteiger partial charge in [-0.1, -0.05) is 0 Å². The Kier molecular flexibility index (Phi) is 33.9. The van der Waals surface area contributed by atoms with Gasteiger partial charge in [-0.05, 0) is 6.08 Å². The second kappa shape index (κ2) is 16.6. The van der Waals surface area contributed by atoms with Crippen molar-refractivity contribution in [1.29, 1.82) is 0 Å². The Labute approximate surface area is 90.9 Å². The number of hydrogen-bond acceptors (Lipinski definition) is 2. The van der Waals surface area contributed by atoms with E-state index in [0.717, 1.165) is 0 Å². The fourth-order valence-corrected chi connectivity index (χ4v) is 0.340. The van der Waals surface area contributed by atoms with Crippen LogP contribution in [0.3, 0.4) is 0 Å². The Morgan fingerprint density at radius 2 is 1.55 bits per heavy atom. The highest BCUT2D eigenvalue weighted by atomic mass is 35.5. The molecule has 11 heavy (non-hydrogen) atoms. The number of halogens is 4. The first kappa shape index (κ1) is 22.5. The van der Waals surface area contributed by atoms with Gasteiger partial charge in [0.05, 0.1) is 0 Å². The predicted octanol–water partition coefficient (Wildman–Crippen LogP) is 2.33. The molecule has 0 aromatic carbocycles. The highest BCUT2D eigenvalue weighted by molar-refractivity contribution is 5.86. The van der Waals surface area contributed by atoms with E-state index in [1.807, 2.05) is 12.3 Å². The summed E-state index contributed by atoms with van der Waals surface area (Å²) in [5.74, 6) is 0. The van der Waals surface area contributed by atoms with E-state index in [4.69, 9.17) is 0 Å². The van der Waals surface area contributed by atoms with Crippen LogP contribution in [0.15, 0.2) is 29.7 Å². The van der Waals surface area contributed by atoms with Gasteiger partial charge in [0, 0.05) is 24.8 Å². The fourth-order valence-electron chi connectivity index (χ4n) is 0.340. The summed E-state index contributed by atoms with van der Waals surface area (Å²) >= 11 is 0. The Bertz CT molecular complexity index is 118. The Balaban J connectivity index is -0.0000000612. The summed E-state index contributed by atoms with van der Waals surface area (Å²) in [4.78, 5) is 3.82. The highest BCUT2D eigenvalue weighted by Crippen LogP contribution is 1.75. The third-order valence-corrected chi connectivity index (χ3v) is 0.621. The standard InChI is InChI=1S/C5H6N2.4ClH/c1-2-6-4-5-7-3-1;;;;/h1-6H;4*1H. The van der Waals surface area contributed by atoms with Gasteiger partial charge in [0.2, 0.25) is 0 Å². The van der Waals surface area contributed by atoms with E-state index in [0.29, 0.717) is 0 Å². The molecule has 0 atom stereocenters. The van der Waals surface area contributed by atoms with Gasteiger partial charge in [-0.3, -0.25) is 4.99 Å². The third-order valence-electron chi connectivity index (χ3n) is 0.621. The molecule has 6 heteroatoms. The summed E-state index contributed by atoms with van der Waals surface area (Å²) in [5, 5.41) is 2.86. The van der Waals surface area contributed by atoms with Gasteiger partial charge in [0.15, 0.2) is 0 Å². The maximum atomic E-state index is 3.82. The zero-order chi connectivity index (χ0) is 4.95. The Hall–Kier alpha value is 0.110. The lowest BCUT2D eigenvalue weighted by Crippen LogP contribution is -1.87. The molecule has 1 aliphatic heterocycles. The molecule has 0 radical (unpaired) electrons. The molecule has 2 nitrogen and oxygen atoms in total. The molecule has 0 fully saturated rings. The van der Waals surface area contributed by atoms with Crippen molar-refractivity contribution >= 4 is 55.8 Å². The SMILES string of the molecule is C1=CNC=CN=C1.Cl.Cl.Cl.Cl. The van der Waals surface area contributed by atoms with Crippen LogP contribution in [0, 0.1) is 0 Å². The molecule has 0 bridgehead atoms. The summed E-state index contributed by atoms with van der Waals surface area (Å²) in [7, 11) is 0. The van der Waals surface area contributed by atoms with E-state index >= 15 is 0 Å². The molecule has 68 valence electrons. The topological polar surface area (TPSA) is 24.4 Å². The summed E-state index contributed by atoms with van der Waals surface area (Å²) in [6.07, 6.45) is 8.82. The van der Waals surface area contributed by atoms with Crippen LogP contribution in [0.2, 0.25) is 0 Å². The van der Waals surface area contributed by atoms with Crippen LogP contribution in [0.4, 0.5) is 0 Å². The van der Waals surface area contributed by atoms with Crippen LogP contribution in [0.1, 0.15) is 0 Å². The molecule has 0 saturated carbocycles. The van der Waals surface area contributed by atoms with Gasteiger partial charge in [0.25, 0.3) is 0 Å². The van der Waals surface area contributed by atoms with Crippen LogP contribution < -0.4 is 5.32 Å². The maximum absolute atomic E-state index is 3.82. The summed E-state index contributed by atoms with van der Waals surface area (Å²) in [5.41, 5.74) is 0. The Morgan fingerprint density at radius 1 is 0.909 bits per heavy atom. The summed E-state index contributed by atoms with van der Waals surface area (Å²) < 4.78 is 0. The smallest absolute Gasteiger partial charge is 0.0427 e. The monoisotopic (exact) mass is 238 g/mol. The van der Waals surface area contributed by atoms with E-state index in [9.17, 15) is 0 Å². The number of nitrogens with zero attached hydrogens (tertiary/aromatic N) is 1. The highest BCUT2D eigenvalue weighted by Gasteiger charge is 1.68. The van der Waals surface area contributed by atoms with Crippen LogP contribution in [0.5, 0.6) is 0 Å². The lowest BCUT2D eigenvalue weighted by molar-refractivity contribution is 1.19. The predicted molar refractivity (Wildman–Crippen MR) is 58.9 cm³/mol. The quantitative estimate of drug-likeness (QED) is 0.690. The first-order valence-electron chi connectivity index (χ1n) is 2.09. The number of allylic oxidation sites excluding steroid dienone is 1. The van der Waals surface area contributed by atoms with Crippen molar-refractivity contribution in [3.63, 3.8) is 0 Å². The minimum atomic E-state index is 0. The molecular weight excluding hydrogens is 230 g/mol. The molecule has 1 aliphatic rings.